The van der Waals surface area contributed by atoms with E-state index >= 15 is 0 Å². The number of hydrogen-bond acceptors (Lipinski definition) is 5. The molecule has 0 fully saturated rings. The van der Waals surface area contributed by atoms with E-state index in [1.54, 1.807) is 18.7 Å². The van der Waals surface area contributed by atoms with E-state index in [4.69, 9.17) is 4.74 Å². The minimum Gasteiger partial charge on any atom is -0.462 e. The first kappa shape index (κ1) is 16.6. The number of esters is 1. The van der Waals surface area contributed by atoms with E-state index in [0.717, 1.165) is 40.8 Å². The van der Waals surface area contributed by atoms with Gasteiger partial charge < -0.3 is 9.72 Å². The predicted octanol–water partition coefficient (Wildman–Crippen LogP) is 2.61. The summed E-state index contributed by atoms with van der Waals surface area (Å²) in [4.78, 5) is 19.8. The number of carbonyl (C=O) groups excluding carboxylic acids is 1. The maximum absolute atomic E-state index is 12.2. The molecule has 0 bridgehead atoms. The molecule has 1 aliphatic heterocycles. The van der Waals surface area contributed by atoms with Gasteiger partial charge in [0.15, 0.2) is 5.17 Å². The Balaban J connectivity index is 2.30. The van der Waals surface area contributed by atoms with Crippen molar-refractivity contribution in [3.63, 3.8) is 0 Å². The molecule has 0 saturated carbocycles. The van der Waals surface area contributed by atoms with Crippen LogP contribution in [0.2, 0.25) is 0 Å². The molecule has 0 radical (unpaired) electrons. The first-order valence-corrected chi connectivity index (χ1v) is 8.43. The Morgan fingerprint density at radius 2 is 2.14 bits per heavy atom. The molecular weight excluding hydrogens is 300 g/mol. The van der Waals surface area contributed by atoms with Crippen LogP contribution in [-0.4, -0.2) is 40.7 Å². The van der Waals surface area contributed by atoms with Gasteiger partial charge in [0.1, 0.15) is 0 Å². The number of aryl methyl sites for hydroxylation is 2. The van der Waals surface area contributed by atoms with Gasteiger partial charge in [-0.1, -0.05) is 18.7 Å². The van der Waals surface area contributed by atoms with Gasteiger partial charge in [0.2, 0.25) is 0 Å². The van der Waals surface area contributed by atoms with Gasteiger partial charge >= 0.3 is 5.97 Å². The lowest BCUT2D eigenvalue weighted by atomic mass is 10.1. The Hall–Kier alpha value is -1.76. The maximum atomic E-state index is 12.2. The molecule has 6 nitrogen and oxygen atoms in total. The predicted molar refractivity (Wildman–Crippen MR) is 90.9 cm³/mol. The topological polar surface area (TPSA) is 78.8 Å². The Morgan fingerprint density at radius 1 is 1.36 bits per heavy atom. The lowest BCUT2D eigenvalue weighted by molar-refractivity contribution is 0.0525. The number of nitrogens with zero attached hydrogens (tertiary/aromatic N) is 2. The Bertz CT molecular complexity index is 619. The minimum atomic E-state index is -0.308. The molecule has 2 rings (SSSR count). The third kappa shape index (κ3) is 3.52. The smallest absolute Gasteiger partial charge is 0.340 e. The van der Waals surface area contributed by atoms with Crippen molar-refractivity contribution in [3.05, 3.63) is 22.5 Å². The summed E-state index contributed by atoms with van der Waals surface area (Å²) in [5.74, 6) is 0.373. The van der Waals surface area contributed by atoms with Crippen LogP contribution in [-0.2, 0) is 4.74 Å². The van der Waals surface area contributed by atoms with Crippen LogP contribution in [0.3, 0.4) is 0 Å². The molecule has 0 atom stereocenters. The number of aromatic amines is 1. The van der Waals surface area contributed by atoms with Crippen LogP contribution in [0.25, 0.3) is 0 Å². The largest absolute Gasteiger partial charge is 0.462 e. The zero-order valence-corrected chi connectivity index (χ0v) is 14.3. The number of rotatable bonds is 5. The lowest BCUT2D eigenvalue weighted by Crippen LogP contribution is -2.27. The third-order valence-electron chi connectivity index (χ3n) is 3.25. The van der Waals surface area contributed by atoms with Crippen LogP contribution in [0, 0.1) is 13.8 Å². The van der Waals surface area contributed by atoms with E-state index < -0.39 is 0 Å². The fourth-order valence-electron chi connectivity index (χ4n) is 2.34. The average molecular weight is 322 g/mol. The van der Waals surface area contributed by atoms with Gasteiger partial charge in [-0.3, -0.25) is 10.4 Å². The van der Waals surface area contributed by atoms with Crippen LogP contribution >= 0.6 is 11.8 Å². The second-order valence-electron chi connectivity index (χ2n) is 4.99. The third-order valence-corrected chi connectivity index (χ3v) is 4.17. The average Bonchev–Trinajstić information content (AvgIpc) is 2.80. The van der Waals surface area contributed by atoms with Gasteiger partial charge in [-0.15, -0.1) is 0 Å². The minimum absolute atomic E-state index is 0.308. The van der Waals surface area contributed by atoms with Crippen LogP contribution in [0.1, 0.15) is 47.6 Å². The molecule has 2 N–H and O–H groups in total. The number of hydrazone groups is 1. The molecule has 0 spiro atoms. The van der Waals surface area contributed by atoms with Gasteiger partial charge in [0.05, 0.1) is 17.9 Å². The number of amidine groups is 1. The molecule has 0 amide bonds. The summed E-state index contributed by atoms with van der Waals surface area (Å²) in [6.45, 7) is 8.85. The Morgan fingerprint density at radius 3 is 2.73 bits per heavy atom. The maximum Gasteiger partial charge on any atom is 0.340 e. The van der Waals surface area contributed by atoms with E-state index in [2.05, 4.69) is 27.4 Å². The molecular formula is C15H22N4O2S. The summed E-state index contributed by atoms with van der Waals surface area (Å²) in [6, 6.07) is 0. The van der Waals surface area contributed by atoms with Crippen LogP contribution in [0.5, 0.6) is 0 Å². The van der Waals surface area contributed by atoms with Crippen LogP contribution in [0.15, 0.2) is 10.1 Å². The Labute approximate surface area is 134 Å². The molecule has 120 valence electrons. The molecule has 1 aromatic rings. The first-order valence-electron chi connectivity index (χ1n) is 7.44. The summed E-state index contributed by atoms with van der Waals surface area (Å²) >= 11 is 1.60. The van der Waals surface area contributed by atoms with Crippen LogP contribution < -0.4 is 5.43 Å². The molecule has 1 aromatic heterocycles. The number of nitrogens with one attached hydrogen (secondary N) is 2. The number of aliphatic imine (C=N–C) groups is 1. The fraction of sp³-hybridized carbons (Fsp3) is 0.533. The van der Waals surface area contributed by atoms with Gasteiger partial charge in [0, 0.05) is 29.2 Å². The normalized spacial score (nSPS) is 16.4. The number of hydrogen-bond donors (Lipinski definition) is 2. The molecule has 2 heterocycles. The van der Waals surface area contributed by atoms with E-state index in [9.17, 15) is 4.79 Å². The van der Waals surface area contributed by atoms with Crippen molar-refractivity contribution >= 4 is 28.6 Å². The van der Waals surface area contributed by atoms with Gasteiger partial charge in [-0.2, -0.15) is 5.10 Å². The summed E-state index contributed by atoms with van der Waals surface area (Å²) < 4.78 is 5.16. The van der Waals surface area contributed by atoms with E-state index in [1.807, 2.05) is 13.8 Å². The molecule has 1 aliphatic rings. The standard InChI is InChI=1S/C15H22N4O2S/c1-5-7-16-15-19-18-11(8-22-15)12-9(3)17-10(4)13(12)14(20)21-6-2/h17H,5-8H2,1-4H3,(H,16,19). The van der Waals surface area contributed by atoms with Crippen molar-refractivity contribution in [2.45, 2.75) is 34.1 Å². The zero-order valence-electron chi connectivity index (χ0n) is 13.4. The van der Waals surface area contributed by atoms with Gasteiger partial charge in [-0.25, -0.2) is 4.79 Å². The molecule has 22 heavy (non-hydrogen) atoms. The number of H-pyrrole nitrogens is 1. The van der Waals surface area contributed by atoms with E-state index in [-0.39, 0.29) is 5.97 Å². The van der Waals surface area contributed by atoms with Crippen molar-refractivity contribution in [1.29, 1.82) is 0 Å². The second kappa shape index (κ2) is 7.49. The van der Waals surface area contributed by atoms with Gasteiger partial charge in [0.25, 0.3) is 0 Å². The number of ether oxygens (including phenoxy) is 1. The highest BCUT2D eigenvalue weighted by atomic mass is 32.2. The molecule has 0 aliphatic carbocycles. The van der Waals surface area contributed by atoms with Crippen molar-refractivity contribution in [1.82, 2.24) is 10.4 Å². The SMILES string of the molecule is CCCN=C1NN=C(c2c(C)[nH]c(C)c2C(=O)OCC)CS1. The summed E-state index contributed by atoms with van der Waals surface area (Å²) in [6.07, 6.45) is 1.01. The molecule has 0 aromatic carbocycles. The highest BCUT2D eigenvalue weighted by molar-refractivity contribution is 8.14. The number of thioether (sulfide) groups is 1. The molecule has 7 heteroatoms. The Kier molecular flexibility index (Phi) is 5.65. The van der Waals surface area contributed by atoms with Crippen molar-refractivity contribution in [3.8, 4) is 0 Å². The van der Waals surface area contributed by atoms with E-state index in [1.165, 1.54) is 0 Å². The van der Waals surface area contributed by atoms with E-state index in [0.29, 0.717) is 17.9 Å². The zero-order chi connectivity index (χ0) is 16.1. The lowest BCUT2D eigenvalue weighted by Gasteiger charge is -2.16. The fourth-order valence-corrected chi connectivity index (χ4v) is 3.11. The first-order chi connectivity index (χ1) is 10.6. The summed E-state index contributed by atoms with van der Waals surface area (Å²) in [7, 11) is 0. The van der Waals surface area contributed by atoms with Crippen molar-refractivity contribution in [2.24, 2.45) is 10.1 Å². The van der Waals surface area contributed by atoms with Crippen LogP contribution in [0.4, 0.5) is 0 Å². The monoisotopic (exact) mass is 322 g/mol. The molecule has 0 unspecified atom stereocenters. The summed E-state index contributed by atoms with van der Waals surface area (Å²) in [5, 5.41) is 5.23. The van der Waals surface area contributed by atoms with Crippen molar-refractivity contribution < 1.29 is 9.53 Å². The summed E-state index contributed by atoms with van der Waals surface area (Å²) in [5.41, 5.74) is 6.96. The van der Waals surface area contributed by atoms with Gasteiger partial charge in [-0.05, 0) is 27.2 Å². The highest BCUT2D eigenvalue weighted by Crippen LogP contribution is 2.23. The molecule has 0 saturated heterocycles. The van der Waals surface area contributed by atoms with Crippen molar-refractivity contribution in [2.75, 3.05) is 18.9 Å². The number of carbonyl (C=O) groups is 1. The highest BCUT2D eigenvalue weighted by Gasteiger charge is 2.25. The second-order valence-corrected chi connectivity index (χ2v) is 5.96. The number of aromatic nitrogens is 1. The quantitative estimate of drug-likeness (QED) is 0.817.